The molecule has 3 aromatic rings. The molecule has 1 N–H and O–H groups in total. The van der Waals surface area contributed by atoms with Gasteiger partial charge in [0.05, 0.1) is 37.3 Å². The minimum atomic E-state index is -0.699. The van der Waals surface area contributed by atoms with Crippen LogP contribution >= 0.6 is 0 Å². The van der Waals surface area contributed by atoms with Crippen molar-refractivity contribution >= 4 is 16.9 Å². The molecule has 1 unspecified atom stereocenters. The summed E-state index contributed by atoms with van der Waals surface area (Å²) in [4.78, 5) is 28.4. The zero-order chi connectivity index (χ0) is 24.6. The van der Waals surface area contributed by atoms with Gasteiger partial charge in [0.15, 0.2) is 16.9 Å². The van der Waals surface area contributed by atoms with Gasteiger partial charge in [-0.15, -0.1) is 0 Å². The maximum Gasteiger partial charge on any atom is 0.290 e. The number of carbonyl (C=O) groups is 1. The van der Waals surface area contributed by atoms with Crippen LogP contribution in [-0.2, 0) is 0 Å². The van der Waals surface area contributed by atoms with Crippen molar-refractivity contribution in [3.05, 3.63) is 68.6 Å². The first kappa shape index (κ1) is 23.8. The highest BCUT2D eigenvalue weighted by atomic mass is 16.5. The fourth-order valence-corrected chi connectivity index (χ4v) is 4.54. The Morgan fingerprint density at radius 3 is 2.56 bits per heavy atom. The van der Waals surface area contributed by atoms with Gasteiger partial charge in [0.2, 0.25) is 5.76 Å². The van der Waals surface area contributed by atoms with Gasteiger partial charge in [0.1, 0.15) is 5.58 Å². The molecule has 1 aromatic heterocycles. The molecule has 0 aliphatic carbocycles. The van der Waals surface area contributed by atoms with Crippen LogP contribution in [0, 0.1) is 19.8 Å². The minimum Gasteiger partial charge on any atom is -0.493 e. The Balaban J connectivity index is 1.85. The van der Waals surface area contributed by atoms with Crippen LogP contribution in [0.2, 0.25) is 0 Å². The van der Waals surface area contributed by atoms with Gasteiger partial charge in [-0.05, 0) is 61.1 Å². The first-order chi connectivity index (χ1) is 16.3. The number of ether oxygens (including phenoxy) is 2. The standard InChI is InChI=1S/C27H31NO6/c1-15(2)8-11-33-20-7-6-18(14-21(20)32-5)23-22-24(30)19-13-16(3)12-17(4)25(19)34-26(22)27(31)28(23)9-10-29/h6-7,12-15,23,29H,8-11H2,1-5H3. The topological polar surface area (TPSA) is 89.2 Å². The molecular weight excluding hydrogens is 434 g/mol. The third-order valence-electron chi connectivity index (χ3n) is 6.19. The van der Waals surface area contributed by atoms with Crippen LogP contribution in [0.5, 0.6) is 11.5 Å². The Morgan fingerprint density at radius 2 is 1.88 bits per heavy atom. The third-order valence-corrected chi connectivity index (χ3v) is 6.19. The van der Waals surface area contributed by atoms with Crippen molar-refractivity contribution in [1.29, 1.82) is 0 Å². The Hall–Kier alpha value is -3.32. The molecule has 0 bridgehead atoms. The lowest BCUT2D eigenvalue weighted by Crippen LogP contribution is -2.32. The molecule has 2 heterocycles. The summed E-state index contributed by atoms with van der Waals surface area (Å²) in [6, 6.07) is 8.42. The van der Waals surface area contributed by atoms with Gasteiger partial charge in [0.25, 0.3) is 5.91 Å². The number of aliphatic hydroxyl groups is 1. The van der Waals surface area contributed by atoms with Crippen LogP contribution in [0.25, 0.3) is 11.0 Å². The SMILES string of the molecule is COc1cc(C2c3c(oc4c(C)cc(C)cc4c3=O)C(=O)N2CCO)ccc1OCCC(C)C. The lowest BCUT2D eigenvalue weighted by Gasteiger charge is -2.25. The number of nitrogens with zero attached hydrogens (tertiary/aromatic N) is 1. The normalized spacial score (nSPS) is 15.3. The lowest BCUT2D eigenvalue weighted by atomic mass is 9.97. The second kappa shape index (κ2) is 9.50. The van der Waals surface area contributed by atoms with E-state index in [0.29, 0.717) is 40.6 Å². The van der Waals surface area contributed by atoms with Crippen molar-refractivity contribution < 1.29 is 23.8 Å². The van der Waals surface area contributed by atoms with E-state index in [-0.39, 0.29) is 29.9 Å². The predicted octanol–water partition coefficient (Wildman–Crippen LogP) is 4.38. The Morgan fingerprint density at radius 1 is 1.12 bits per heavy atom. The second-order valence-electron chi connectivity index (χ2n) is 9.20. The van der Waals surface area contributed by atoms with Gasteiger partial charge in [0, 0.05) is 6.54 Å². The number of benzene rings is 2. The Bertz CT molecular complexity index is 1290. The average molecular weight is 466 g/mol. The fraction of sp³-hybridized carbons (Fsp3) is 0.407. The summed E-state index contributed by atoms with van der Waals surface area (Å²) < 4.78 is 17.5. The van der Waals surface area contributed by atoms with Gasteiger partial charge >= 0.3 is 0 Å². The highest BCUT2D eigenvalue weighted by Crippen LogP contribution is 2.41. The number of amides is 1. The highest BCUT2D eigenvalue weighted by molar-refractivity contribution is 5.99. The van der Waals surface area contributed by atoms with Crippen LogP contribution in [0.15, 0.2) is 39.5 Å². The molecule has 0 radical (unpaired) electrons. The summed E-state index contributed by atoms with van der Waals surface area (Å²) in [6.45, 7) is 8.42. The Kier molecular flexibility index (Phi) is 6.66. The number of hydrogen-bond donors (Lipinski definition) is 1. The van der Waals surface area contributed by atoms with E-state index in [4.69, 9.17) is 13.9 Å². The number of aliphatic hydroxyl groups excluding tert-OH is 1. The van der Waals surface area contributed by atoms with Crippen LogP contribution in [0.4, 0.5) is 0 Å². The molecule has 180 valence electrons. The molecule has 7 nitrogen and oxygen atoms in total. The van der Waals surface area contributed by atoms with E-state index in [1.165, 1.54) is 4.90 Å². The van der Waals surface area contributed by atoms with Crippen molar-refractivity contribution in [2.24, 2.45) is 5.92 Å². The molecule has 1 atom stereocenters. The van der Waals surface area contributed by atoms with E-state index >= 15 is 0 Å². The number of rotatable bonds is 8. The number of fused-ring (bicyclic) bond motifs is 2. The van der Waals surface area contributed by atoms with Crippen molar-refractivity contribution in [1.82, 2.24) is 4.90 Å². The molecule has 34 heavy (non-hydrogen) atoms. The van der Waals surface area contributed by atoms with E-state index in [9.17, 15) is 14.7 Å². The van der Waals surface area contributed by atoms with Gasteiger partial charge in [-0.1, -0.05) is 26.0 Å². The molecule has 0 saturated heterocycles. The van der Waals surface area contributed by atoms with Gasteiger partial charge < -0.3 is 23.9 Å². The summed E-state index contributed by atoms with van der Waals surface area (Å²) >= 11 is 0. The summed E-state index contributed by atoms with van der Waals surface area (Å²) in [5, 5.41) is 10.1. The van der Waals surface area contributed by atoms with E-state index in [0.717, 1.165) is 17.5 Å². The van der Waals surface area contributed by atoms with Crippen LogP contribution in [0.1, 0.15) is 59.1 Å². The van der Waals surface area contributed by atoms with E-state index < -0.39 is 11.9 Å². The summed E-state index contributed by atoms with van der Waals surface area (Å²) in [7, 11) is 1.56. The molecule has 4 rings (SSSR count). The quantitative estimate of drug-likeness (QED) is 0.531. The number of β-amino-alcohol motifs (C(OH)–C–C–N with tert-alkyl or cyclic N) is 1. The molecule has 0 saturated carbocycles. The molecule has 1 aliphatic rings. The van der Waals surface area contributed by atoms with Crippen molar-refractivity contribution in [2.45, 2.75) is 40.2 Å². The van der Waals surface area contributed by atoms with E-state index in [1.54, 1.807) is 25.3 Å². The molecule has 2 aromatic carbocycles. The average Bonchev–Trinajstić information content (AvgIpc) is 3.07. The highest BCUT2D eigenvalue weighted by Gasteiger charge is 2.42. The van der Waals surface area contributed by atoms with Crippen molar-refractivity contribution in [3.8, 4) is 11.5 Å². The maximum atomic E-state index is 13.7. The monoisotopic (exact) mass is 465 g/mol. The third kappa shape index (κ3) is 4.16. The smallest absolute Gasteiger partial charge is 0.290 e. The van der Waals surface area contributed by atoms with Gasteiger partial charge in [-0.3, -0.25) is 9.59 Å². The first-order valence-electron chi connectivity index (χ1n) is 11.6. The number of carbonyl (C=O) groups excluding carboxylic acids is 1. The lowest BCUT2D eigenvalue weighted by molar-refractivity contribution is 0.0691. The van der Waals surface area contributed by atoms with Gasteiger partial charge in [-0.25, -0.2) is 0 Å². The zero-order valence-corrected chi connectivity index (χ0v) is 20.3. The summed E-state index contributed by atoms with van der Waals surface area (Å²) in [5.74, 6) is 1.24. The number of hydrogen-bond acceptors (Lipinski definition) is 6. The van der Waals surface area contributed by atoms with Crippen molar-refractivity contribution in [3.63, 3.8) is 0 Å². The first-order valence-corrected chi connectivity index (χ1v) is 11.6. The Labute approximate surface area is 198 Å². The second-order valence-corrected chi connectivity index (χ2v) is 9.20. The zero-order valence-electron chi connectivity index (χ0n) is 20.3. The molecule has 1 aliphatic heterocycles. The van der Waals surface area contributed by atoms with E-state index in [2.05, 4.69) is 13.8 Å². The van der Waals surface area contributed by atoms with Crippen molar-refractivity contribution in [2.75, 3.05) is 26.9 Å². The predicted molar refractivity (Wildman–Crippen MR) is 130 cm³/mol. The molecular formula is C27H31NO6. The maximum absolute atomic E-state index is 13.7. The number of aryl methyl sites for hydroxylation is 2. The van der Waals surface area contributed by atoms with Gasteiger partial charge in [-0.2, -0.15) is 0 Å². The summed E-state index contributed by atoms with van der Waals surface area (Å²) in [5.41, 5.74) is 2.88. The van der Waals surface area contributed by atoms with Crippen LogP contribution in [0.3, 0.4) is 0 Å². The number of methoxy groups -OCH3 is 1. The molecule has 7 heteroatoms. The minimum absolute atomic E-state index is 0.0270. The molecule has 0 fully saturated rings. The van der Waals surface area contributed by atoms with E-state index in [1.807, 2.05) is 26.0 Å². The van der Waals surface area contributed by atoms with Crippen LogP contribution in [-0.4, -0.2) is 42.8 Å². The molecule has 1 amide bonds. The van der Waals surface area contributed by atoms with Crippen LogP contribution < -0.4 is 14.9 Å². The fourth-order valence-electron chi connectivity index (χ4n) is 4.54. The largest absolute Gasteiger partial charge is 0.493 e. The summed E-state index contributed by atoms with van der Waals surface area (Å²) in [6.07, 6.45) is 0.909. The molecule has 0 spiro atoms.